The van der Waals surface area contributed by atoms with Crippen LogP contribution in [0, 0.1) is 0 Å². The van der Waals surface area contributed by atoms with Crippen LogP contribution >= 0.6 is 11.8 Å². The summed E-state index contributed by atoms with van der Waals surface area (Å²) in [6.45, 7) is -0.429. The highest BCUT2D eigenvalue weighted by Crippen LogP contribution is 2.11. The number of hydrogen-bond donors (Lipinski definition) is 1. The molecule has 0 aromatic rings. The van der Waals surface area contributed by atoms with Crippen LogP contribution in [0.25, 0.3) is 0 Å². The highest BCUT2D eigenvalue weighted by atomic mass is 32.2. The Balaban J connectivity index is 3.33. The van der Waals surface area contributed by atoms with E-state index < -0.39 is 12.5 Å². The van der Waals surface area contributed by atoms with Crippen molar-refractivity contribution in [3.8, 4) is 0 Å². The molecule has 0 heterocycles. The molecule has 5 heteroatoms. The Kier molecular flexibility index (Phi) is 6.70. The average molecular weight is 199 g/mol. The van der Waals surface area contributed by atoms with Crippen molar-refractivity contribution in [2.75, 3.05) is 38.8 Å². The molecule has 0 atom stereocenters. The summed E-state index contributed by atoms with van der Waals surface area (Å²) in [4.78, 5) is 0. The third-order valence-corrected chi connectivity index (χ3v) is 1.76. The van der Waals surface area contributed by atoms with E-state index in [1.807, 2.05) is 6.26 Å². The fourth-order valence-corrected chi connectivity index (χ4v) is 0.958. The van der Waals surface area contributed by atoms with Crippen LogP contribution in [0.3, 0.4) is 0 Å². The summed E-state index contributed by atoms with van der Waals surface area (Å²) in [6.07, 6.45) is 1.91. The zero-order valence-corrected chi connectivity index (χ0v) is 8.22. The first-order chi connectivity index (χ1) is 5.62. The summed E-state index contributed by atoms with van der Waals surface area (Å²) >= 11 is 1.58. The van der Waals surface area contributed by atoms with E-state index in [2.05, 4.69) is 5.32 Å². The number of alkyl halides is 2. The van der Waals surface area contributed by atoms with Crippen LogP contribution in [0.5, 0.6) is 0 Å². The number of nitrogens with one attached hydrogen (secondary N) is 1. The van der Waals surface area contributed by atoms with Gasteiger partial charge in [-0.2, -0.15) is 11.8 Å². The standard InChI is InChI=1S/C7H15F2NOS/c1-10-5-7(8,9)6-11-3-4-12-2/h10H,3-6H2,1-2H3. The lowest BCUT2D eigenvalue weighted by Gasteiger charge is -2.15. The van der Waals surface area contributed by atoms with Gasteiger partial charge in [-0.05, 0) is 13.3 Å². The first-order valence-corrected chi connectivity index (χ1v) is 5.11. The van der Waals surface area contributed by atoms with E-state index in [1.165, 1.54) is 7.05 Å². The average Bonchev–Trinajstić information content (AvgIpc) is 1.98. The summed E-state index contributed by atoms with van der Waals surface area (Å²) in [7, 11) is 1.50. The molecule has 0 radical (unpaired) electrons. The van der Waals surface area contributed by atoms with Crippen LogP contribution in [0.4, 0.5) is 8.78 Å². The van der Waals surface area contributed by atoms with Crippen LogP contribution in [-0.2, 0) is 4.74 Å². The molecule has 0 aliphatic rings. The Bertz CT molecular complexity index is 114. The van der Waals surface area contributed by atoms with Crippen LogP contribution in [0.1, 0.15) is 0 Å². The molecule has 0 saturated carbocycles. The van der Waals surface area contributed by atoms with Crippen LogP contribution in [0.15, 0.2) is 0 Å². The Labute approximate surface area is 76.0 Å². The molecule has 12 heavy (non-hydrogen) atoms. The Morgan fingerprint density at radius 2 is 2.17 bits per heavy atom. The Hall–Kier alpha value is 0.130. The van der Waals surface area contributed by atoms with Gasteiger partial charge < -0.3 is 10.1 Å². The molecule has 0 spiro atoms. The second-order valence-corrected chi connectivity index (χ2v) is 3.42. The van der Waals surface area contributed by atoms with Gasteiger partial charge in [0.05, 0.1) is 13.2 Å². The molecule has 1 N–H and O–H groups in total. The Morgan fingerprint density at radius 1 is 1.50 bits per heavy atom. The number of rotatable bonds is 7. The van der Waals surface area contributed by atoms with Crippen molar-refractivity contribution in [3.05, 3.63) is 0 Å². The fraction of sp³-hybridized carbons (Fsp3) is 1.00. The van der Waals surface area contributed by atoms with Gasteiger partial charge in [0, 0.05) is 5.75 Å². The quantitative estimate of drug-likeness (QED) is 0.623. The largest absolute Gasteiger partial charge is 0.374 e. The highest BCUT2D eigenvalue weighted by molar-refractivity contribution is 7.98. The summed E-state index contributed by atoms with van der Waals surface area (Å²) in [5, 5.41) is 2.41. The van der Waals surface area contributed by atoms with Gasteiger partial charge in [-0.3, -0.25) is 0 Å². The SMILES string of the molecule is CNCC(F)(F)COCCSC. The molecule has 0 bridgehead atoms. The highest BCUT2D eigenvalue weighted by Gasteiger charge is 2.27. The second-order valence-electron chi connectivity index (χ2n) is 2.43. The van der Waals surface area contributed by atoms with E-state index in [4.69, 9.17) is 4.74 Å². The molecule has 0 rings (SSSR count). The van der Waals surface area contributed by atoms with Gasteiger partial charge in [0.1, 0.15) is 6.61 Å². The van der Waals surface area contributed by atoms with Crippen LogP contribution < -0.4 is 5.32 Å². The van der Waals surface area contributed by atoms with Gasteiger partial charge in [0.2, 0.25) is 0 Å². The fourth-order valence-electron chi connectivity index (χ4n) is 0.673. The van der Waals surface area contributed by atoms with Gasteiger partial charge in [-0.15, -0.1) is 0 Å². The van der Waals surface area contributed by atoms with Crippen molar-refractivity contribution in [1.82, 2.24) is 5.32 Å². The van der Waals surface area contributed by atoms with Gasteiger partial charge in [0.25, 0.3) is 5.92 Å². The van der Waals surface area contributed by atoms with Crippen molar-refractivity contribution in [2.45, 2.75) is 5.92 Å². The van der Waals surface area contributed by atoms with Crippen LogP contribution in [0.2, 0.25) is 0 Å². The van der Waals surface area contributed by atoms with E-state index >= 15 is 0 Å². The van der Waals surface area contributed by atoms with E-state index in [0.717, 1.165) is 5.75 Å². The minimum atomic E-state index is -2.74. The summed E-state index contributed by atoms with van der Waals surface area (Å²) in [6, 6.07) is 0. The normalized spacial score (nSPS) is 12.0. The van der Waals surface area contributed by atoms with Crippen molar-refractivity contribution >= 4 is 11.8 Å². The lowest BCUT2D eigenvalue weighted by Crippen LogP contribution is -2.35. The van der Waals surface area contributed by atoms with Gasteiger partial charge in [0.15, 0.2) is 0 Å². The minimum absolute atomic E-state index is 0.327. The topological polar surface area (TPSA) is 21.3 Å². The van der Waals surface area contributed by atoms with Crippen LogP contribution in [-0.4, -0.2) is 44.7 Å². The first kappa shape index (κ1) is 12.1. The number of halogens is 2. The first-order valence-electron chi connectivity index (χ1n) is 3.71. The van der Waals surface area contributed by atoms with Crippen molar-refractivity contribution in [3.63, 3.8) is 0 Å². The van der Waals surface area contributed by atoms with Crippen molar-refractivity contribution in [1.29, 1.82) is 0 Å². The van der Waals surface area contributed by atoms with E-state index in [1.54, 1.807) is 11.8 Å². The Morgan fingerprint density at radius 3 is 2.67 bits per heavy atom. The third kappa shape index (κ3) is 6.82. The molecule has 2 nitrogen and oxygen atoms in total. The van der Waals surface area contributed by atoms with Gasteiger partial charge in [-0.1, -0.05) is 0 Å². The maximum atomic E-state index is 12.7. The number of thioether (sulfide) groups is 1. The number of ether oxygens (including phenoxy) is 1. The molecule has 0 fully saturated rings. The summed E-state index contributed by atoms with van der Waals surface area (Å²) in [5.41, 5.74) is 0. The third-order valence-electron chi connectivity index (χ3n) is 1.18. The van der Waals surface area contributed by atoms with Gasteiger partial charge in [-0.25, -0.2) is 8.78 Å². The van der Waals surface area contributed by atoms with Crippen molar-refractivity contribution < 1.29 is 13.5 Å². The zero-order valence-electron chi connectivity index (χ0n) is 7.40. The van der Waals surface area contributed by atoms with Crippen molar-refractivity contribution in [2.24, 2.45) is 0 Å². The minimum Gasteiger partial charge on any atom is -0.374 e. The number of hydrogen-bond acceptors (Lipinski definition) is 3. The van der Waals surface area contributed by atoms with Gasteiger partial charge >= 0.3 is 0 Å². The summed E-state index contributed by atoms with van der Waals surface area (Å²) < 4.78 is 30.1. The molecular weight excluding hydrogens is 184 g/mol. The molecule has 0 saturated heterocycles. The molecular formula is C7H15F2NOS. The maximum absolute atomic E-state index is 12.7. The molecule has 0 aliphatic carbocycles. The van der Waals surface area contributed by atoms with E-state index in [-0.39, 0.29) is 6.54 Å². The second kappa shape index (κ2) is 6.62. The van der Waals surface area contributed by atoms with E-state index in [9.17, 15) is 8.78 Å². The molecule has 0 aromatic heterocycles. The van der Waals surface area contributed by atoms with E-state index in [0.29, 0.717) is 6.61 Å². The zero-order chi connectivity index (χ0) is 9.45. The molecule has 0 aliphatic heterocycles. The molecule has 0 aromatic carbocycles. The lowest BCUT2D eigenvalue weighted by molar-refractivity contribution is -0.0704. The maximum Gasteiger partial charge on any atom is 0.283 e. The smallest absolute Gasteiger partial charge is 0.283 e. The lowest BCUT2D eigenvalue weighted by atomic mass is 10.3. The predicted molar refractivity (Wildman–Crippen MR) is 48.1 cm³/mol. The molecule has 74 valence electrons. The monoisotopic (exact) mass is 199 g/mol. The molecule has 0 unspecified atom stereocenters. The molecule has 0 amide bonds. The predicted octanol–water partition coefficient (Wildman–Crippen LogP) is 1.22. The summed E-state index contributed by atoms with van der Waals surface area (Å²) in [5.74, 6) is -1.98.